The first-order chi connectivity index (χ1) is 17.8. The van der Waals surface area contributed by atoms with Gasteiger partial charge in [0.05, 0.1) is 13.3 Å². The standard InChI is InChI=1S/C32H32O3P/c1-33-27-21-19-26(20-22-27)32-25-34-28(24-35-32)12-11-23-36(29-13-5-2-6-14-29,30-15-7-3-8-16-30)31-17-9-4-10-18-31/h2-10,13-22,25,28H,11-12,23-24H2,1H3/q+1. The van der Waals surface area contributed by atoms with Gasteiger partial charge in [-0.2, -0.15) is 0 Å². The topological polar surface area (TPSA) is 27.7 Å². The second kappa shape index (κ2) is 11.5. The Balaban J connectivity index is 1.35. The minimum atomic E-state index is -1.81. The molecule has 0 saturated heterocycles. The highest BCUT2D eigenvalue weighted by molar-refractivity contribution is 7.95. The molecule has 1 aliphatic rings. The Labute approximate surface area is 214 Å². The first-order valence-corrected chi connectivity index (χ1v) is 14.4. The van der Waals surface area contributed by atoms with E-state index in [1.54, 1.807) is 13.4 Å². The van der Waals surface area contributed by atoms with Crippen LogP contribution in [-0.4, -0.2) is 26.0 Å². The summed E-state index contributed by atoms with van der Waals surface area (Å²) >= 11 is 0. The molecule has 5 rings (SSSR count). The third-order valence-electron chi connectivity index (χ3n) is 6.78. The van der Waals surface area contributed by atoms with E-state index in [1.807, 2.05) is 24.3 Å². The number of methoxy groups -OCH3 is 1. The summed E-state index contributed by atoms with van der Waals surface area (Å²) in [6.07, 6.45) is 4.90. The van der Waals surface area contributed by atoms with Gasteiger partial charge in [0, 0.05) is 5.56 Å². The van der Waals surface area contributed by atoms with Gasteiger partial charge in [0.1, 0.15) is 47.9 Å². The average molecular weight is 496 g/mol. The Morgan fingerprint density at radius 1 is 0.722 bits per heavy atom. The SMILES string of the molecule is COc1ccc(C2=COC(CCC[P+](c3ccccc3)(c3ccccc3)c3ccccc3)CO2)cc1. The van der Waals surface area contributed by atoms with Crippen molar-refractivity contribution < 1.29 is 14.2 Å². The molecule has 3 nitrogen and oxygen atoms in total. The molecule has 182 valence electrons. The summed E-state index contributed by atoms with van der Waals surface area (Å²) in [5, 5.41) is 4.26. The number of benzene rings is 4. The molecule has 0 bridgehead atoms. The van der Waals surface area contributed by atoms with Crippen LogP contribution in [0.2, 0.25) is 0 Å². The van der Waals surface area contributed by atoms with E-state index < -0.39 is 7.26 Å². The zero-order chi connectivity index (χ0) is 24.6. The molecule has 1 heterocycles. The van der Waals surface area contributed by atoms with Crippen molar-refractivity contribution in [3.8, 4) is 5.75 Å². The number of hydrogen-bond donors (Lipinski definition) is 0. The number of rotatable bonds is 9. The van der Waals surface area contributed by atoms with Crippen LogP contribution in [0.5, 0.6) is 5.75 Å². The van der Waals surface area contributed by atoms with Crippen LogP contribution in [0, 0.1) is 0 Å². The molecule has 0 aromatic heterocycles. The van der Waals surface area contributed by atoms with E-state index in [0.29, 0.717) is 6.61 Å². The first kappa shape index (κ1) is 24.2. The van der Waals surface area contributed by atoms with Crippen LogP contribution in [0.1, 0.15) is 18.4 Å². The van der Waals surface area contributed by atoms with Crippen LogP contribution >= 0.6 is 7.26 Å². The van der Waals surface area contributed by atoms with Crippen molar-refractivity contribution >= 4 is 28.9 Å². The molecule has 0 amide bonds. The highest BCUT2D eigenvalue weighted by Crippen LogP contribution is 2.56. The smallest absolute Gasteiger partial charge is 0.161 e. The molecule has 0 radical (unpaired) electrons. The highest BCUT2D eigenvalue weighted by atomic mass is 31.2. The van der Waals surface area contributed by atoms with Gasteiger partial charge in [-0.1, -0.05) is 54.6 Å². The molecule has 0 spiro atoms. The fourth-order valence-corrected chi connectivity index (χ4v) is 9.28. The summed E-state index contributed by atoms with van der Waals surface area (Å²) in [7, 11) is -0.142. The fraction of sp³-hybridized carbons (Fsp3) is 0.188. The zero-order valence-electron chi connectivity index (χ0n) is 20.6. The lowest BCUT2D eigenvalue weighted by atomic mass is 10.1. The van der Waals surface area contributed by atoms with Crippen molar-refractivity contribution in [2.45, 2.75) is 18.9 Å². The Hall–Kier alpha value is -3.55. The van der Waals surface area contributed by atoms with E-state index in [-0.39, 0.29) is 6.10 Å². The van der Waals surface area contributed by atoms with Gasteiger partial charge in [0.25, 0.3) is 0 Å². The van der Waals surface area contributed by atoms with Gasteiger partial charge in [-0.25, -0.2) is 0 Å². The maximum absolute atomic E-state index is 6.13. The summed E-state index contributed by atoms with van der Waals surface area (Å²) in [5.74, 6) is 1.60. The summed E-state index contributed by atoms with van der Waals surface area (Å²) in [6, 6.07) is 41.0. The molecule has 4 aromatic rings. The van der Waals surface area contributed by atoms with Crippen molar-refractivity contribution in [3.63, 3.8) is 0 Å². The summed E-state index contributed by atoms with van der Waals surface area (Å²) in [4.78, 5) is 0. The van der Waals surface area contributed by atoms with Gasteiger partial charge in [0.15, 0.2) is 5.76 Å². The Kier molecular flexibility index (Phi) is 7.69. The third-order valence-corrected chi connectivity index (χ3v) is 11.3. The van der Waals surface area contributed by atoms with Crippen molar-refractivity contribution in [1.82, 2.24) is 0 Å². The molecule has 36 heavy (non-hydrogen) atoms. The summed E-state index contributed by atoms with van der Waals surface area (Å²) < 4.78 is 17.5. The molecular formula is C32H32O3P+. The van der Waals surface area contributed by atoms with Crippen LogP contribution in [0.15, 0.2) is 122 Å². The van der Waals surface area contributed by atoms with Crippen LogP contribution < -0.4 is 20.7 Å². The van der Waals surface area contributed by atoms with Gasteiger partial charge < -0.3 is 14.2 Å². The maximum Gasteiger partial charge on any atom is 0.161 e. The summed E-state index contributed by atoms with van der Waals surface area (Å²) in [5.41, 5.74) is 0.997. The monoisotopic (exact) mass is 495 g/mol. The molecule has 1 aliphatic heterocycles. The quantitative estimate of drug-likeness (QED) is 0.260. The zero-order valence-corrected chi connectivity index (χ0v) is 21.5. The maximum atomic E-state index is 6.13. The molecule has 0 aliphatic carbocycles. The number of ether oxygens (including phenoxy) is 3. The number of hydrogen-bond acceptors (Lipinski definition) is 3. The van der Waals surface area contributed by atoms with E-state index >= 15 is 0 Å². The van der Waals surface area contributed by atoms with Gasteiger partial charge in [-0.3, -0.25) is 0 Å². The largest absolute Gasteiger partial charge is 0.497 e. The third kappa shape index (κ3) is 5.17. The molecular weight excluding hydrogens is 463 g/mol. The van der Waals surface area contributed by atoms with E-state index in [9.17, 15) is 0 Å². The highest BCUT2D eigenvalue weighted by Gasteiger charge is 2.44. The van der Waals surface area contributed by atoms with Crippen molar-refractivity contribution in [1.29, 1.82) is 0 Å². The normalized spacial score (nSPS) is 15.4. The lowest BCUT2D eigenvalue weighted by Crippen LogP contribution is -2.34. The minimum Gasteiger partial charge on any atom is -0.497 e. The molecule has 1 unspecified atom stereocenters. The van der Waals surface area contributed by atoms with Crippen LogP contribution in [-0.2, 0) is 9.47 Å². The van der Waals surface area contributed by atoms with E-state index in [0.717, 1.165) is 36.1 Å². The molecule has 0 fully saturated rings. The van der Waals surface area contributed by atoms with Crippen LogP contribution in [0.4, 0.5) is 0 Å². The minimum absolute atomic E-state index is 0.0521. The summed E-state index contributed by atoms with van der Waals surface area (Å²) in [6.45, 7) is 0.561. The van der Waals surface area contributed by atoms with Crippen LogP contribution in [0.3, 0.4) is 0 Å². The van der Waals surface area contributed by atoms with Crippen molar-refractivity contribution in [3.05, 3.63) is 127 Å². The molecule has 1 atom stereocenters. The molecule has 4 aromatic carbocycles. The Morgan fingerprint density at radius 3 is 1.69 bits per heavy atom. The van der Waals surface area contributed by atoms with Crippen molar-refractivity contribution in [2.75, 3.05) is 19.9 Å². The lowest BCUT2D eigenvalue weighted by molar-refractivity contribution is 0.0412. The van der Waals surface area contributed by atoms with Crippen molar-refractivity contribution in [2.24, 2.45) is 0 Å². The Morgan fingerprint density at radius 2 is 1.25 bits per heavy atom. The predicted molar refractivity (Wildman–Crippen MR) is 151 cm³/mol. The second-order valence-electron chi connectivity index (χ2n) is 8.96. The van der Waals surface area contributed by atoms with Gasteiger partial charge in [-0.05, 0) is 73.5 Å². The fourth-order valence-electron chi connectivity index (χ4n) is 4.91. The van der Waals surface area contributed by atoms with E-state index in [2.05, 4.69) is 91.0 Å². The average Bonchev–Trinajstić information content (AvgIpc) is 2.97. The van der Waals surface area contributed by atoms with Gasteiger partial charge in [-0.15, -0.1) is 0 Å². The molecule has 4 heteroatoms. The Bertz CT molecular complexity index is 1160. The first-order valence-electron chi connectivity index (χ1n) is 12.5. The predicted octanol–water partition coefficient (Wildman–Crippen LogP) is 6.18. The lowest BCUT2D eigenvalue weighted by Gasteiger charge is -2.29. The van der Waals surface area contributed by atoms with Gasteiger partial charge >= 0.3 is 0 Å². The molecule has 0 saturated carbocycles. The van der Waals surface area contributed by atoms with E-state index in [4.69, 9.17) is 14.2 Å². The second-order valence-corrected chi connectivity index (χ2v) is 12.6. The van der Waals surface area contributed by atoms with E-state index in [1.165, 1.54) is 15.9 Å². The molecule has 0 N–H and O–H groups in total. The van der Waals surface area contributed by atoms with Crippen LogP contribution in [0.25, 0.3) is 5.76 Å². The van der Waals surface area contributed by atoms with Gasteiger partial charge in [0.2, 0.25) is 0 Å².